The Morgan fingerprint density at radius 1 is 1.21 bits per heavy atom. The van der Waals surface area contributed by atoms with E-state index in [2.05, 4.69) is 15.5 Å². The molecule has 0 fully saturated rings. The summed E-state index contributed by atoms with van der Waals surface area (Å²) in [5.74, 6) is 0.458. The second kappa shape index (κ2) is 8.40. The number of sulfonamides is 1. The van der Waals surface area contributed by atoms with Crippen molar-refractivity contribution in [1.29, 1.82) is 0 Å². The topological polar surface area (TPSA) is 105 Å². The molecule has 1 amide bonds. The Labute approximate surface area is 166 Å². The van der Waals surface area contributed by atoms with Crippen LogP contribution in [0.1, 0.15) is 62.3 Å². The molecule has 1 heterocycles. The van der Waals surface area contributed by atoms with E-state index in [1.165, 1.54) is 16.4 Å². The van der Waals surface area contributed by atoms with Gasteiger partial charge in [0.2, 0.25) is 15.9 Å². The number of nitrogens with one attached hydrogen (secondary N) is 1. The number of carbonyl (C=O) groups is 1. The number of amides is 1. The molecule has 1 N–H and O–H groups in total. The summed E-state index contributed by atoms with van der Waals surface area (Å²) >= 11 is 0. The van der Waals surface area contributed by atoms with Gasteiger partial charge in [-0.25, -0.2) is 8.42 Å². The normalized spacial score (nSPS) is 12.4. The Morgan fingerprint density at radius 2 is 1.86 bits per heavy atom. The molecule has 2 rings (SSSR count). The van der Waals surface area contributed by atoms with Crippen LogP contribution in [0, 0.1) is 6.92 Å². The minimum atomic E-state index is -3.64. The largest absolute Gasteiger partial charge is 0.345 e. The summed E-state index contributed by atoms with van der Waals surface area (Å²) in [7, 11) is -3.64. The minimum absolute atomic E-state index is 0.0882. The molecule has 0 aliphatic carbocycles. The predicted molar refractivity (Wildman–Crippen MR) is 105 cm³/mol. The lowest BCUT2D eigenvalue weighted by atomic mass is 9.97. The van der Waals surface area contributed by atoms with Gasteiger partial charge in [0.1, 0.15) is 0 Å². The fraction of sp³-hybridized carbons (Fsp3) is 0.526. The molecule has 0 unspecified atom stereocenters. The number of aromatic nitrogens is 2. The van der Waals surface area contributed by atoms with Crippen LogP contribution < -0.4 is 5.32 Å². The van der Waals surface area contributed by atoms with Crippen molar-refractivity contribution in [3.8, 4) is 0 Å². The average molecular weight is 409 g/mol. The summed E-state index contributed by atoms with van der Waals surface area (Å²) in [6.45, 7) is 12.0. The van der Waals surface area contributed by atoms with Gasteiger partial charge < -0.3 is 9.84 Å². The lowest BCUT2D eigenvalue weighted by molar-refractivity contribution is 0.0949. The van der Waals surface area contributed by atoms with Gasteiger partial charge in [-0.05, 0) is 24.6 Å². The molecule has 28 heavy (non-hydrogen) atoms. The summed E-state index contributed by atoms with van der Waals surface area (Å²) in [6.07, 6.45) is 0. The predicted octanol–water partition coefficient (Wildman–Crippen LogP) is 2.64. The smallest absolute Gasteiger partial charge is 0.251 e. The van der Waals surface area contributed by atoms with Gasteiger partial charge in [0.15, 0.2) is 5.82 Å². The first kappa shape index (κ1) is 22.0. The molecule has 154 valence electrons. The van der Waals surface area contributed by atoms with Crippen LogP contribution in [-0.4, -0.2) is 41.9 Å². The molecule has 2 aromatic rings. The lowest BCUT2D eigenvalue weighted by Gasteiger charge is -2.19. The van der Waals surface area contributed by atoms with Crippen LogP contribution in [-0.2, 0) is 22.0 Å². The van der Waals surface area contributed by atoms with Gasteiger partial charge in [0.25, 0.3) is 5.91 Å². The zero-order valence-electron chi connectivity index (χ0n) is 17.2. The number of benzene rings is 1. The molecule has 0 aliphatic heterocycles. The van der Waals surface area contributed by atoms with Crippen molar-refractivity contribution in [2.24, 2.45) is 0 Å². The number of aryl methyl sites for hydroxylation is 1. The molecule has 0 aliphatic rings. The van der Waals surface area contributed by atoms with E-state index < -0.39 is 15.9 Å². The van der Waals surface area contributed by atoms with E-state index in [4.69, 9.17) is 4.52 Å². The van der Waals surface area contributed by atoms with Crippen molar-refractivity contribution < 1.29 is 17.7 Å². The fourth-order valence-electron chi connectivity index (χ4n) is 2.60. The van der Waals surface area contributed by atoms with Gasteiger partial charge in [-0.15, -0.1) is 0 Å². The van der Waals surface area contributed by atoms with Gasteiger partial charge in [0, 0.05) is 24.1 Å². The molecular formula is C19H28N4O4S. The fourth-order valence-corrected chi connectivity index (χ4v) is 4.09. The van der Waals surface area contributed by atoms with Crippen LogP contribution in [0.4, 0.5) is 0 Å². The number of hydrogen-bond donors (Lipinski definition) is 1. The summed E-state index contributed by atoms with van der Waals surface area (Å²) in [5, 5.41) is 6.59. The first-order valence-corrected chi connectivity index (χ1v) is 10.7. The van der Waals surface area contributed by atoms with Gasteiger partial charge in [-0.1, -0.05) is 45.8 Å². The van der Waals surface area contributed by atoms with Crippen molar-refractivity contribution >= 4 is 15.9 Å². The molecule has 1 aromatic carbocycles. The Bertz CT molecular complexity index is 941. The molecule has 1 aromatic heterocycles. The van der Waals surface area contributed by atoms with Crippen molar-refractivity contribution in [2.45, 2.75) is 58.4 Å². The van der Waals surface area contributed by atoms with Crippen LogP contribution in [0.2, 0.25) is 0 Å². The van der Waals surface area contributed by atoms with Crippen LogP contribution in [0.5, 0.6) is 0 Å². The zero-order valence-corrected chi connectivity index (χ0v) is 18.1. The van der Waals surface area contributed by atoms with E-state index in [9.17, 15) is 13.2 Å². The molecular weight excluding hydrogens is 380 g/mol. The second-order valence-corrected chi connectivity index (χ2v) is 9.45. The number of nitrogens with zero attached hydrogens (tertiary/aromatic N) is 3. The van der Waals surface area contributed by atoms with E-state index in [0.29, 0.717) is 35.9 Å². The quantitative estimate of drug-likeness (QED) is 0.755. The van der Waals surface area contributed by atoms with Crippen molar-refractivity contribution in [1.82, 2.24) is 19.8 Å². The Kier molecular flexibility index (Phi) is 6.61. The van der Waals surface area contributed by atoms with Crippen LogP contribution in [0.25, 0.3) is 0 Å². The number of rotatable bonds is 7. The summed E-state index contributed by atoms with van der Waals surface area (Å²) in [6, 6.07) is 4.57. The summed E-state index contributed by atoms with van der Waals surface area (Å²) in [5.41, 5.74) is 0.700. The molecule has 0 saturated carbocycles. The maximum Gasteiger partial charge on any atom is 0.251 e. The molecule has 9 heteroatoms. The van der Waals surface area contributed by atoms with Crippen LogP contribution in [0.15, 0.2) is 27.6 Å². The van der Waals surface area contributed by atoms with Gasteiger partial charge >= 0.3 is 0 Å². The third-order valence-corrected chi connectivity index (χ3v) is 6.36. The second-order valence-electron chi connectivity index (χ2n) is 7.51. The standard InChI is InChI=1S/C19H28N4O4S/c1-7-23(8-2)28(25,26)14-10-9-13(3)15(11-14)17(24)20-12-16-21-18(27-22-16)19(4,5)6/h9-11H,7-8,12H2,1-6H3,(H,20,24). The maximum atomic E-state index is 12.7. The average Bonchev–Trinajstić information content (AvgIpc) is 3.10. The highest BCUT2D eigenvalue weighted by molar-refractivity contribution is 7.89. The first-order chi connectivity index (χ1) is 13.0. The lowest BCUT2D eigenvalue weighted by Crippen LogP contribution is -2.31. The Hall–Kier alpha value is -2.26. The SMILES string of the molecule is CCN(CC)S(=O)(=O)c1ccc(C)c(C(=O)NCc2noc(C(C)(C)C)n2)c1. The van der Waals surface area contributed by atoms with Gasteiger partial charge in [0.05, 0.1) is 11.4 Å². The van der Waals surface area contributed by atoms with Crippen LogP contribution >= 0.6 is 0 Å². The molecule has 8 nitrogen and oxygen atoms in total. The zero-order chi connectivity index (χ0) is 21.1. The third-order valence-electron chi connectivity index (χ3n) is 4.31. The van der Waals surface area contributed by atoms with Gasteiger partial charge in [-0.3, -0.25) is 4.79 Å². The highest BCUT2D eigenvalue weighted by Crippen LogP contribution is 2.21. The Balaban J connectivity index is 2.20. The summed E-state index contributed by atoms with van der Waals surface area (Å²) < 4.78 is 32.0. The number of carbonyl (C=O) groups excluding carboxylic acids is 1. The van der Waals surface area contributed by atoms with Crippen LogP contribution in [0.3, 0.4) is 0 Å². The molecule has 0 spiro atoms. The molecule has 0 atom stereocenters. The summed E-state index contributed by atoms with van der Waals surface area (Å²) in [4.78, 5) is 17.0. The number of hydrogen-bond acceptors (Lipinski definition) is 6. The van der Waals surface area contributed by atoms with E-state index in [0.717, 1.165) is 0 Å². The van der Waals surface area contributed by atoms with Crippen molar-refractivity contribution in [2.75, 3.05) is 13.1 Å². The van der Waals surface area contributed by atoms with E-state index in [1.807, 2.05) is 20.8 Å². The van der Waals surface area contributed by atoms with Crippen molar-refractivity contribution in [3.63, 3.8) is 0 Å². The van der Waals surface area contributed by atoms with Gasteiger partial charge in [-0.2, -0.15) is 9.29 Å². The highest BCUT2D eigenvalue weighted by atomic mass is 32.2. The van der Waals surface area contributed by atoms with E-state index in [-0.39, 0.29) is 16.9 Å². The monoisotopic (exact) mass is 408 g/mol. The first-order valence-electron chi connectivity index (χ1n) is 9.22. The highest BCUT2D eigenvalue weighted by Gasteiger charge is 2.24. The maximum absolute atomic E-state index is 12.7. The van der Waals surface area contributed by atoms with Crippen molar-refractivity contribution in [3.05, 3.63) is 41.0 Å². The van der Waals surface area contributed by atoms with E-state index >= 15 is 0 Å². The molecule has 0 radical (unpaired) electrons. The Morgan fingerprint density at radius 3 is 2.39 bits per heavy atom. The minimum Gasteiger partial charge on any atom is -0.345 e. The molecule has 0 bridgehead atoms. The molecule has 0 saturated heterocycles. The third kappa shape index (κ3) is 4.77. The van der Waals surface area contributed by atoms with E-state index in [1.54, 1.807) is 26.8 Å².